The van der Waals surface area contributed by atoms with Gasteiger partial charge in [-0.25, -0.2) is 9.18 Å². The van der Waals surface area contributed by atoms with E-state index in [1.54, 1.807) is 60.6 Å². The number of nitrogens with one attached hydrogen (secondary N) is 1. The van der Waals surface area contributed by atoms with Crippen LogP contribution in [0.1, 0.15) is 54.0 Å². The molecule has 1 aromatic carbocycles. The molecule has 0 spiro atoms. The fourth-order valence-corrected chi connectivity index (χ4v) is 2.23. The normalized spacial score (nSPS) is 12.8. The minimum absolute atomic E-state index is 0.160. The van der Waals surface area contributed by atoms with Gasteiger partial charge in [0, 0.05) is 18.6 Å². The first-order valence-electron chi connectivity index (χ1n) is 8.05. The summed E-state index contributed by atoms with van der Waals surface area (Å²) in [5.74, 6) is -0.458. The molecule has 0 bridgehead atoms. The van der Waals surface area contributed by atoms with E-state index in [2.05, 4.69) is 5.32 Å². The summed E-state index contributed by atoms with van der Waals surface area (Å²) in [4.78, 5) is 11.9. The summed E-state index contributed by atoms with van der Waals surface area (Å²) in [6, 6.07) is 4.61. The molecule has 0 aliphatic heterocycles. The molecule has 1 rings (SSSR count). The maximum Gasteiger partial charge on any atom is 0.407 e. The summed E-state index contributed by atoms with van der Waals surface area (Å²) in [7, 11) is 0. The maximum absolute atomic E-state index is 14.2. The van der Waals surface area contributed by atoms with Crippen molar-refractivity contribution in [1.29, 1.82) is 0 Å². The lowest BCUT2D eigenvalue weighted by Crippen LogP contribution is -2.45. The fourth-order valence-electron chi connectivity index (χ4n) is 1.46. The lowest BCUT2D eigenvalue weighted by atomic mass is 9.90. The molecule has 1 amide bonds. The van der Waals surface area contributed by atoms with E-state index in [0.29, 0.717) is 10.5 Å². The van der Waals surface area contributed by atoms with Crippen molar-refractivity contribution < 1.29 is 23.2 Å². The van der Waals surface area contributed by atoms with Crippen molar-refractivity contribution in [3.05, 3.63) is 29.6 Å². The fraction of sp³-hybridized carbons (Fsp3) is 0.611. The Bertz CT molecular complexity index is 606. The van der Waals surface area contributed by atoms with Crippen LogP contribution in [0.3, 0.4) is 0 Å². The zero-order valence-corrected chi connectivity index (χ0v) is 16.7. The molecule has 5 nitrogen and oxygen atoms in total. The van der Waals surface area contributed by atoms with Crippen molar-refractivity contribution >= 4 is 18.1 Å². The van der Waals surface area contributed by atoms with E-state index in [9.17, 15) is 14.3 Å². The van der Waals surface area contributed by atoms with Gasteiger partial charge in [-0.3, -0.25) is 0 Å². The van der Waals surface area contributed by atoms with Gasteiger partial charge < -0.3 is 19.3 Å². The van der Waals surface area contributed by atoms with Crippen molar-refractivity contribution in [2.75, 3.05) is 0 Å². The third kappa shape index (κ3) is 7.22. The van der Waals surface area contributed by atoms with Crippen LogP contribution in [0.2, 0.25) is 0 Å². The van der Waals surface area contributed by atoms with Gasteiger partial charge in [-0.1, -0.05) is 6.07 Å². The van der Waals surface area contributed by atoms with Gasteiger partial charge in [-0.15, -0.1) is 0 Å². The number of aliphatic hydroxyl groups is 1. The zero-order chi connectivity index (χ0) is 19.5. The van der Waals surface area contributed by atoms with Crippen molar-refractivity contribution in [2.24, 2.45) is 0 Å². The lowest BCUT2D eigenvalue weighted by Gasteiger charge is -2.35. The van der Waals surface area contributed by atoms with Crippen LogP contribution in [-0.4, -0.2) is 28.0 Å². The van der Waals surface area contributed by atoms with E-state index in [1.165, 1.54) is 6.07 Å². The highest BCUT2D eigenvalue weighted by Crippen LogP contribution is 2.34. The third-order valence-corrected chi connectivity index (χ3v) is 4.66. The Morgan fingerprint density at radius 2 is 1.80 bits per heavy atom. The van der Waals surface area contributed by atoms with E-state index in [0.717, 1.165) is 12.0 Å². The monoisotopic (exact) mass is 373 g/mol. The van der Waals surface area contributed by atoms with E-state index in [4.69, 9.17) is 8.92 Å². The number of halogens is 1. The number of hydrogen-bond acceptors (Lipinski definition) is 5. The Morgan fingerprint density at radius 1 is 1.20 bits per heavy atom. The molecule has 0 radical (unpaired) electrons. The van der Waals surface area contributed by atoms with Gasteiger partial charge in [0.1, 0.15) is 17.0 Å². The molecule has 1 aromatic rings. The first kappa shape index (κ1) is 21.7. The SMILES string of the molecule is CC(C)(C)OC(=O)NCc1ccc(SOC(C)(C)C(C)(C)O)c(F)c1. The number of ether oxygens (including phenoxy) is 1. The van der Waals surface area contributed by atoms with Crippen molar-refractivity contribution in [3.8, 4) is 0 Å². The minimum atomic E-state index is -1.08. The van der Waals surface area contributed by atoms with Crippen molar-refractivity contribution in [3.63, 3.8) is 0 Å². The highest BCUT2D eigenvalue weighted by Gasteiger charge is 2.37. The van der Waals surface area contributed by atoms with Crippen LogP contribution in [0.25, 0.3) is 0 Å². The zero-order valence-electron chi connectivity index (χ0n) is 15.9. The molecule has 0 atom stereocenters. The first-order valence-corrected chi connectivity index (χ1v) is 8.79. The summed E-state index contributed by atoms with van der Waals surface area (Å²) in [6.07, 6.45) is -0.554. The van der Waals surface area contributed by atoms with Crippen molar-refractivity contribution in [1.82, 2.24) is 5.32 Å². The first-order chi connectivity index (χ1) is 11.2. The molecule has 0 aromatic heterocycles. The van der Waals surface area contributed by atoms with E-state index in [-0.39, 0.29) is 6.54 Å². The lowest BCUT2D eigenvalue weighted by molar-refractivity contribution is -0.0814. The molecular formula is C18H28FNO4S. The Labute approximate surface area is 153 Å². The summed E-state index contributed by atoms with van der Waals surface area (Å²) < 4.78 is 24.9. The number of carbonyl (C=O) groups excluding carboxylic acids is 1. The second-order valence-corrected chi connectivity index (χ2v) is 8.63. The topological polar surface area (TPSA) is 67.8 Å². The van der Waals surface area contributed by atoms with Crippen LogP contribution in [0, 0.1) is 5.82 Å². The molecule has 0 saturated carbocycles. The van der Waals surface area contributed by atoms with Gasteiger partial charge in [-0.05, 0) is 66.2 Å². The number of hydrogen-bond donors (Lipinski definition) is 2. The summed E-state index contributed by atoms with van der Waals surface area (Å²) >= 11 is 0.875. The molecule has 0 aliphatic carbocycles. The van der Waals surface area contributed by atoms with Gasteiger partial charge in [0.2, 0.25) is 0 Å². The standard InChI is InChI=1S/C18H28FNO4S/c1-16(2,3)23-15(21)20-11-12-8-9-14(13(19)10-12)25-24-18(6,7)17(4,5)22/h8-10,22H,11H2,1-7H3,(H,20,21). The number of benzene rings is 1. The molecule has 0 unspecified atom stereocenters. The average molecular weight is 373 g/mol. The Morgan fingerprint density at radius 3 is 2.28 bits per heavy atom. The highest BCUT2D eigenvalue weighted by atomic mass is 32.2. The van der Waals surface area contributed by atoms with E-state index in [1.807, 2.05) is 0 Å². The third-order valence-electron chi connectivity index (χ3n) is 3.65. The molecule has 25 heavy (non-hydrogen) atoms. The average Bonchev–Trinajstić information content (AvgIpc) is 2.41. The molecule has 0 saturated heterocycles. The molecule has 142 valence electrons. The molecule has 0 heterocycles. The smallest absolute Gasteiger partial charge is 0.407 e. The number of carbonyl (C=O) groups is 1. The quantitative estimate of drug-likeness (QED) is 0.722. The van der Waals surface area contributed by atoms with Gasteiger partial charge in [-0.2, -0.15) is 0 Å². The van der Waals surface area contributed by atoms with Crippen LogP contribution in [0.5, 0.6) is 0 Å². The van der Waals surface area contributed by atoms with E-state index >= 15 is 0 Å². The van der Waals surface area contributed by atoms with Crippen LogP contribution < -0.4 is 5.32 Å². The summed E-state index contributed by atoms with van der Waals surface area (Å²) in [5.41, 5.74) is -1.91. The predicted octanol–water partition coefficient (Wildman–Crippen LogP) is 4.42. The second-order valence-electron chi connectivity index (χ2n) is 7.86. The summed E-state index contributed by atoms with van der Waals surface area (Å²) in [6.45, 7) is 12.2. The number of rotatable bonds is 6. The van der Waals surface area contributed by atoms with Gasteiger partial charge in [0.15, 0.2) is 0 Å². The minimum Gasteiger partial charge on any atom is -0.444 e. The van der Waals surface area contributed by atoms with Crippen LogP contribution in [0.15, 0.2) is 23.1 Å². The van der Waals surface area contributed by atoms with Crippen LogP contribution in [0.4, 0.5) is 9.18 Å². The summed E-state index contributed by atoms with van der Waals surface area (Å²) in [5, 5.41) is 12.6. The van der Waals surface area contributed by atoms with Crippen LogP contribution >= 0.6 is 12.0 Å². The number of amides is 1. The van der Waals surface area contributed by atoms with Gasteiger partial charge in [0.05, 0.1) is 10.5 Å². The largest absolute Gasteiger partial charge is 0.444 e. The molecule has 2 N–H and O–H groups in total. The maximum atomic E-state index is 14.2. The second kappa shape index (κ2) is 7.93. The molecule has 0 fully saturated rings. The van der Waals surface area contributed by atoms with Crippen LogP contribution in [-0.2, 0) is 15.5 Å². The Kier molecular flexibility index (Phi) is 6.89. The highest BCUT2D eigenvalue weighted by molar-refractivity contribution is 7.94. The molecular weight excluding hydrogens is 345 g/mol. The van der Waals surface area contributed by atoms with Crippen molar-refractivity contribution in [2.45, 2.75) is 76.7 Å². The predicted molar refractivity (Wildman–Crippen MR) is 96.8 cm³/mol. The molecule has 0 aliphatic rings. The van der Waals surface area contributed by atoms with Gasteiger partial charge >= 0.3 is 6.09 Å². The van der Waals surface area contributed by atoms with E-state index < -0.39 is 28.7 Å². The Balaban J connectivity index is 2.64. The molecule has 7 heteroatoms. The number of alkyl carbamates (subject to hydrolysis) is 1. The van der Waals surface area contributed by atoms with Gasteiger partial charge in [0.25, 0.3) is 0 Å². The Hall–Kier alpha value is -1.31.